The summed E-state index contributed by atoms with van der Waals surface area (Å²) < 4.78 is 10.8. The van der Waals surface area contributed by atoms with Gasteiger partial charge in [-0.15, -0.1) is 0 Å². The fraction of sp³-hybridized carbons (Fsp3) is 0.667. The number of aromatic nitrogens is 2. The lowest BCUT2D eigenvalue weighted by Gasteiger charge is -2.24. The third-order valence-corrected chi connectivity index (χ3v) is 4.26. The van der Waals surface area contributed by atoms with Gasteiger partial charge in [-0.05, 0) is 6.92 Å². The van der Waals surface area contributed by atoms with Crippen molar-refractivity contribution in [2.24, 2.45) is 0 Å². The number of nitrogens with zero attached hydrogens (tertiary/aromatic N) is 1. The third-order valence-electron chi connectivity index (χ3n) is 4.26. The Labute approximate surface area is 157 Å². The number of ether oxygens (including phenoxy) is 2. The number of esters is 1. The molecule has 2 heterocycles. The number of rotatable bonds is 7. The van der Waals surface area contributed by atoms with E-state index in [-0.39, 0.29) is 0 Å². The average molecular weight is 406 g/mol. The number of H-pyrrole nitrogens is 1. The maximum atomic E-state index is 11.8. The Morgan fingerprint density at radius 2 is 1.86 bits per heavy atom. The van der Waals surface area contributed by atoms with Crippen LogP contribution in [0.25, 0.3) is 0 Å². The lowest BCUT2D eigenvalue weighted by molar-refractivity contribution is -0.173. The summed E-state index contributed by atoms with van der Waals surface area (Å²) in [5.41, 5.74) is -1.57. The maximum Gasteiger partial charge on any atom is 0.337 e. The molecule has 28 heavy (non-hydrogen) atoms. The first kappa shape index (κ1) is 22.2. The van der Waals surface area contributed by atoms with Gasteiger partial charge in [-0.1, -0.05) is 0 Å². The summed E-state index contributed by atoms with van der Waals surface area (Å²) in [6, 6.07) is 1.00. The summed E-state index contributed by atoms with van der Waals surface area (Å²) >= 11 is 0. The molecule has 13 heteroatoms. The number of hydrogen-bond acceptors (Lipinski definition) is 11. The van der Waals surface area contributed by atoms with Crippen LogP contribution in [0.4, 0.5) is 0 Å². The van der Waals surface area contributed by atoms with Crippen molar-refractivity contribution in [1.29, 1.82) is 0 Å². The normalized spacial score (nSPS) is 29.1. The number of carbonyl (C=O) groups is 1. The number of nitrogens with one attached hydrogen (secondary N) is 1. The van der Waals surface area contributed by atoms with E-state index in [0.29, 0.717) is 0 Å². The largest absolute Gasteiger partial charge is 0.461 e. The van der Waals surface area contributed by atoms with Crippen molar-refractivity contribution in [3.8, 4) is 0 Å². The standard InChI is InChI=1S/C15H22N2O11/c1-5(18)8(20)10(22)12(24)14(25)27-4-6-9(21)11(23)13(28-6)17-3-2-7(19)16-15(17)26/h2-3,5-6,8-13,18,20-24H,4H2,1H3,(H,16,19,26)/t5-,6+,8-,9+,10+,11+,12+,13+/m0/s1. The molecule has 1 saturated heterocycles. The minimum Gasteiger partial charge on any atom is -0.461 e. The maximum absolute atomic E-state index is 11.8. The van der Waals surface area contributed by atoms with Crippen molar-refractivity contribution in [2.45, 2.75) is 55.9 Å². The van der Waals surface area contributed by atoms with Gasteiger partial charge in [0.2, 0.25) is 0 Å². The van der Waals surface area contributed by atoms with Crippen LogP contribution in [0.3, 0.4) is 0 Å². The number of aromatic amines is 1. The van der Waals surface area contributed by atoms with Gasteiger partial charge >= 0.3 is 11.7 Å². The van der Waals surface area contributed by atoms with E-state index in [1.54, 1.807) is 0 Å². The minimum absolute atomic E-state index is 0.666. The Kier molecular flexibility index (Phi) is 7.06. The molecule has 0 saturated carbocycles. The molecule has 13 nitrogen and oxygen atoms in total. The van der Waals surface area contributed by atoms with Gasteiger partial charge in [-0.25, -0.2) is 9.59 Å². The van der Waals surface area contributed by atoms with E-state index in [9.17, 15) is 39.9 Å². The second-order valence-electron chi connectivity index (χ2n) is 6.36. The van der Waals surface area contributed by atoms with E-state index >= 15 is 0 Å². The summed E-state index contributed by atoms with van der Waals surface area (Å²) in [4.78, 5) is 36.6. The molecule has 1 aromatic heterocycles. The van der Waals surface area contributed by atoms with E-state index in [0.717, 1.165) is 23.8 Å². The van der Waals surface area contributed by atoms with Crippen molar-refractivity contribution in [3.05, 3.63) is 33.1 Å². The van der Waals surface area contributed by atoms with Gasteiger partial charge in [-0.3, -0.25) is 14.3 Å². The first-order chi connectivity index (χ1) is 13.0. The molecule has 158 valence electrons. The van der Waals surface area contributed by atoms with E-state index in [1.165, 1.54) is 0 Å². The summed E-state index contributed by atoms with van der Waals surface area (Å²) in [7, 11) is 0. The lowest BCUT2D eigenvalue weighted by atomic mass is 10.0. The number of aliphatic hydroxyl groups excluding tert-OH is 6. The summed E-state index contributed by atoms with van der Waals surface area (Å²) in [6.45, 7) is 0.467. The molecule has 1 aromatic rings. The highest BCUT2D eigenvalue weighted by Gasteiger charge is 2.45. The second kappa shape index (κ2) is 8.91. The molecule has 1 aliphatic heterocycles. The van der Waals surface area contributed by atoms with Crippen LogP contribution in [-0.4, -0.2) is 95.5 Å². The van der Waals surface area contributed by atoms with Crippen molar-refractivity contribution in [2.75, 3.05) is 6.61 Å². The highest BCUT2D eigenvalue weighted by Crippen LogP contribution is 2.28. The topological polar surface area (TPSA) is 212 Å². The van der Waals surface area contributed by atoms with Crippen LogP contribution < -0.4 is 11.2 Å². The SMILES string of the molecule is C[C@H](O)[C@H](O)[C@@H](O)[C@@H](O)C(=O)OC[C@H]1O[C@@H](n2ccc(=O)[nH]c2=O)[C@H](O)[C@@H]1O. The second-order valence-corrected chi connectivity index (χ2v) is 6.36. The molecule has 0 amide bonds. The smallest absolute Gasteiger partial charge is 0.337 e. The Bertz CT molecular complexity index is 791. The van der Waals surface area contributed by atoms with Crippen molar-refractivity contribution >= 4 is 5.97 Å². The van der Waals surface area contributed by atoms with Crippen LogP contribution >= 0.6 is 0 Å². The van der Waals surface area contributed by atoms with E-state index in [4.69, 9.17) is 14.6 Å². The summed E-state index contributed by atoms with van der Waals surface area (Å²) in [6.07, 6.45) is -12.3. The minimum atomic E-state index is -2.19. The van der Waals surface area contributed by atoms with Gasteiger partial charge in [0.25, 0.3) is 5.56 Å². The number of aliphatic hydroxyl groups is 6. The van der Waals surface area contributed by atoms with Crippen LogP contribution in [0, 0.1) is 0 Å². The van der Waals surface area contributed by atoms with Crippen LogP contribution in [0.5, 0.6) is 0 Å². The van der Waals surface area contributed by atoms with Gasteiger partial charge in [-0.2, -0.15) is 0 Å². The monoisotopic (exact) mass is 406 g/mol. The highest BCUT2D eigenvalue weighted by molar-refractivity contribution is 5.75. The van der Waals surface area contributed by atoms with Gasteiger partial charge in [0.05, 0.1) is 6.10 Å². The zero-order valence-electron chi connectivity index (χ0n) is 14.7. The molecule has 7 N–H and O–H groups in total. The molecule has 0 aromatic carbocycles. The highest BCUT2D eigenvalue weighted by atomic mass is 16.6. The summed E-state index contributed by atoms with van der Waals surface area (Å²) in [5, 5.41) is 58.0. The summed E-state index contributed by atoms with van der Waals surface area (Å²) in [5.74, 6) is -1.37. The molecular weight excluding hydrogens is 384 g/mol. The van der Waals surface area contributed by atoms with Crippen molar-refractivity contribution < 1.29 is 44.9 Å². The van der Waals surface area contributed by atoms with Crippen LogP contribution in [0.15, 0.2) is 21.9 Å². The Morgan fingerprint density at radius 1 is 1.21 bits per heavy atom. The first-order valence-electron chi connectivity index (χ1n) is 8.26. The predicted molar refractivity (Wildman–Crippen MR) is 87.9 cm³/mol. The van der Waals surface area contributed by atoms with Gasteiger partial charge in [0.15, 0.2) is 12.3 Å². The predicted octanol–water partition coefficient (Wildman–Crippen LogP) is -4.84. The quantitative estimate of drug-likeness (QED) is 0.213. The molecule has 0 aliphatic carbocycles. The van der Waals surface area contributed by atoms with Crippen LogP contribution in [0.2, 0.25) is 0 Å². The number of hydrogen-bond donors (Lipinski definition) is 7. The third kappa shape index (κ3) is 4.64. The molecule has 2 rings (SSSR count). The van der Waals surface area contributed by atoms with Crippen molar-refractivity contribution in [1.82, 2.24) is 9.55 Å². The van der Waals surface area contributed by atoms with Gasteiger partial charge in [0, 0.05) is 12.3 Å². The van der Waals surface area contributed by atoms with Crippen molar-refractivity contribution in [3.63, 3.8) is 0 Å². The molecule has 0 spiro atoms. The Balaban J connectivity index is 2.00. The fourth-order valence-corrected chi connectivity index (χ4v) is 2.59. The first-order valence-corrected chi connectivity index (χ1v) is 8.26. The average Bonchev–Trinajstić information content (AvgIpc) is 2.92. The van der Waals surface area contributed by atoms with E-state index < -0.39 is 72.8 Å². The van der Waals surface area contributed by atoms with Crippen LogP contribution in [-0.2, 0) is 14.3 Å². The lowest BCUT2D eigenvalue weighted by Crippen LogP contribution is -2.48. The van der Waals surface area contributed by atoms with E-state index in [2.05, 4.69) is 0 Å². The van der Waals surface area contributed by atoms with Gasteiger partial charge < -0.3 is 40.1 Å². The molecule has 1 fully saturated rings. The molecule has 0 unspecified atom stereocenters. The number of carbonyl (C=O) groups excluding carboxylic acids is 1. The molecule has 0 radical (unpaired) electrons. The van der Waals surface area contributed by atoms with Gasteiger partial charge in [0.1, 0.15) is 37.1 Å². The zero-order chi connectivity index (χ0) is 21.2. The Morgan fingerprint density at radius 3 is 2.43 bits per heavy atom. The zero-order valence-corrected chi connectivity index (χ0v) is 14.7. The molecule has 0 bridgehead atoms. The Hall–Kier alpha value is -2.13. The fourth-order valence-electron chi connectivity index (χ4n) is 2.59. The molecule has 8 atom stereocenters. The van der Waals surface area contributed by atoms with Crippen LogP contribution in [0.1, 0.15) is 13.2 Å². The molecule has 1 aliphatic rings. The molecular formula is C15H22N2O11. The van der Waals surface area contributed by atoms with E-state index in [1.807, 2.05) is 4.98 Å².